The van der Waals surface area contributed by atoms with Crippen LogP contribution in [0, 0.1) is 13.8 Å². The molecule has 28 heavy (non-hydrogen) atoms. The summed E-state index contributed by atoms with van der Waals surface area (Å²) in [5.41, 5.74) is 1.79. The smallest absolute Gasteiger partial charge is 0.186 e. The molecule has 1 aliphatic rings. The minimum absolute atomic E-state index is 0.0323. The first-order valence-corrected chi connectivity index (χ1v) is 8.94. The molecule has 160 valence electrons. The van der Waals surface area contributed by atoms with Crippen molar-refractivity contribution < 1.29 is 49.5 Å². The summed E-state index contributed by atoms with van der Waals surface area (Å²) in [6.45, 7) is 3.61. The molecule has 1 saturated heterocycles. The molecule has 1 aromatic rings. The molecule has 3 unspecified atom stereocenters. The second kappa shape index (κ2) is 10.9. The predicted octanol–water partition coefficient (Wildman–Crippen LogP) is -0.633. The van der Waals surface area contributed by atoms with Crippen molar-refractivity contribution in [3.05, 3.63) is 23.3 Å². The zero-order valence-electron chi connectivity index (χ0n) is 15.9. The van der Waals surface area contributed by atoms with Crippen LogP contribution in [0.5, 0.6) is 11.5 Å². The first-order valence-electron chi connectivity index (χ1n) is 8.94. The van der Waals surface area contributed by atoms with Crippen molar-refractivity contribution in [2.75, 3.05) is 33.0 Å². The quantitative estimate of drug-likeness (QED) is 0.194. The average molecular weight is 404 g/mol. The summed E-state index contributed by atoms with van der Waals surface area (Å²) in [6, 6.07) is 3.61. The van der Waals surface area contributed by atoms with Gasteiger partial charge in [-0.25, -0.2) is 4.89 Å². The van der Waals surface area contributed by atoms with E-state index in [1.54, 1.807) is 6.07 Å². The number of ether oxygens (including phenoxy) is 4. The summed E-state index contributed by atoms with van der Waals surface area (Å²) in [5, 5.41) is 46.9. The molecule has 1 aromatic carbocycles. The first-order chi connectivity index (χ1) is 13.4. The Balaban J connectivity index is 1.86. The first kappa shape index (κ1) is 22.8. The summed E-state index contributed by atoms with van der Waals surface area (Å²) < 4.78 is 21.8. The lowest BCUT2D eigenvalue weighted by Gasteiger charge is -2.39. The number of aryl methyl sites for hydroxylation is 2. The largest absolute Gasteiger partial charge is 0.491 e. The van der Waals surface area contributed by atoms with Crippen molar-refractivity contribution in [3.8, 4) is 11.5 Å². The highest BCUT2D eigenvalue weighted by molar-refractivity contribution is 5.45. The molecule has 1 heterocycles. The maximum absolute atomic E-state index is 9.92. The topological polar surface area (TPSA) is 147 Å². The van der Waals surface area contributed by atoms with E-state index < -0.39 is 37.3 Å². The second-order valence-corrected chi connectivity index (χ2v) is 6.48. The van der Waals surface area contributed by atoms with Gasteiger partial charge in [0.2, 0.25) is 0 Å². The zero-order chi connectivity index (χ0) is 20.7. The van der Waals surface area contributed by atoms with Crippen LogP contribution < -0.4 is 9.47 Å². The van der Waals surface area contributed by atoms with Gasteiger partial charge >= 0.3 is 0 Å². The van der Waals surface area contributed by atoms with Gasteiger partial charge in [-0.2, -0.15) is 0 Å². The Morgan fingerprint density at radius 1 is 0.857 bits per heavy atom. The van der Waals surface area contributed by atoms with Crippen molar-refractivity contribution in [1.29, 1.82) is 0 Å². The van der Waals surface area contributed by atoms with Gasteiger partial charge in [-0.15, -0.1) is 0 Å². The van der Waals surface area contributed by atoms with Crippen LogP contribution >= 0.6 is 0 Å². The Hall–Kier alpha value is -1.50. The number of aliphatic hydroxyl groups excluding tert-OH is 4. The normalized spacial score (nSPS) is 27.6. The van der Waals surface area contributed by atoms with E-state index in [1.807, 2.05) is 19.9 Å². The lowest BCUT2D eigenvalue weighted by Crippen LogP contribution is -2.59. The molecular weight excluding hydrogens is 376 g/mol. The number of hydrogen-bond acceptors (Lipinski definition) is 10. The van der Waals surface area contributed by atoms with Crippen LogP contribution in [-0.4, -0.2) is 89.4 Å². The van der Waals surface area contributed by atoms with E-state index >= 15 is 0 Å². The lowest BCUT2D eigenvalue weighted by atomic mass is 9.99. The monoisotopic (exact) mass is 404 g/mol. The highest BCUT2D eigenvalue weighted by Gasteiger charge is 2.43. The van der Waals surface area contributed by atoms with Gasteiger partial charge in [-0.1, -0.05) is 0 Å². The van der Waals surface area contributed by atoms with Gasteiger partial charge < -0.3 is 39.4 Å². The third kappa shape index (κ3) is 5.75. The third-order valence-electron chi connectivity index (χ3n) is 4.38. The number of rotatable bonds is 10. The van der Waals surface area contributed by atoms with Gasteiger partial charge in [0.1, 0.15) is 55.7 Å². The van der Waals surface area contributed by atoms with Gasteiger partial charge in [0.15, 0.2) is 6.29 Å². The molecule has 5 atom stereocenters. The van der Waals surface area contributed by atoms with Crippen molar-refractivity contribution in [2.45, 2.75) is 44.6 Å². The molecule has 0 spiro atoms. The highest BCUT2D eigenvalue weighted by atomic mass is 17.1. The fourth-order valence-corrected chi connectivity index (χ4v) is 2.83. The van der Waals surface area contributed by atoms with Crippen molar-refractivity contribution in [3.63, 3.8) is 0 Å². The summed E-state index contributed by atoms with van der Waals surface area (Å²) in [6.07, 6.45) is -6.59. The Labute approximate surface area is 162 Å². The Morgan fingerprint density at radius 2 is 1.46 bits per heavy atom. The summed E-state index contributed by atoms with van der Waals surface area (Å²) in [5.74, 6) is 1.16. The van der Waals surface area contributed by atoms with E-state index in [9.17, 15) is 15.3 Å². The summed E-state index contributed by atoms with van der Waals surface area (Å²) >= 11 is 0. The predicted molar refractivity (Wildman–Crippen MR) is 95.2 cm³/mol. The third-order valence-corrected chi connectivity index (χ3v) is 4.38. The van der Waals surface area contributed by atoms with Gasteiger partial charge in [0, 0.05) is 6.07 Å². The van der Waals surface area contributed by atoms with E-state index in [2.05, 4.69) is 4.89 Å². The molecule has 0 saturated carbocycles. The zero-order valence-corrected chi connectivity index (χ0v) is 15.9. The van der Waals surface area contributed by atoms with E-state index in [-0.39, 0.29) is 26.4 Å². The fourth-order valence-electron chi connectivity index (χ4n) is 2.83. The van der Waals surface area contributed by atoms with E-state index in [0.29, 0.717) is 11.5 Å². The molecular formula is C18H28O10. The Morgan fingerprint density at radius 3 is 2.04 bits per heavy atom. The molecule has 0 aliphatic carbocycles. The Bertz CT molecular complexity index is 608. The SMILES string of the molecule is Cc1cc(C)c(OCCO[C@@H]2OC(CO)[C@@H](O)C(O)C2O)cc1OCCOO. The van der Waals surface area contributed by atoms with Crippen LogP contribution in [0.4, 0.5) is 0 Å². The molecule has 5 N–H and O–H groups in total. The maximum atomic E-state index is 9.92. The standard InChI is InChI=1S/C18H28O10/c1-10-7-11(2)13(25-5-6-27-23)8-12(10)24-3-4-26-18-17(22)16(21)15(20)14(9-19)28-18/h7-8,14-23H,3-6,9H2,1-2H3/t14?,15-,16?,17?,18-/m1/s1. The second-order valence-electron chi connectivity index (χ2n) is 6.48. The van der Waals surface area contributed by atoms with Gasteiger partial charge in [-0.3, -0.25) is 5.26 Å². The van der Waals surface area contributed by atoms with Gasteiger partial charge in [0.25, 0.3) is 0 Å². The molecule has 0 amide bonds. The van der Waals surface area contributed by atoms with Crippen molar-refractivity contribution >= 4 is 0 Å². The summed E-state index contributed by atoms with van der Waals surface area (Å²) in [4.78, 5) is 3.98. The van der Waals surface area contributed by atoms with E-state index in [1.165, 1.54) is 0 Å². The van der Waals surface area contributed by atoms with E-state index in [0.717, 1.165) is 11.1 Å². The molecule has 1 fully saturated rings. The van der Waals surface area contributed by atoms with Crippen LogP contribution in [0.1, 0.15) is 11.1 Å². The molecule has 10 nitrogen and oxygen atoms in total. The van der Waals surface area contributed by atoms with Crippen LogP contribution in [0.2, 0.25) is 0 Å². The highest BCUT2D eigenvalue weighted by Crippen LogP contribution is 2.28. The molecule has 10 heteroatoms. The molecule has 0 bridgehead atoms. The minimum Gasteiger partial charge on any atom is -0.491 e. The maximum Gasteiger partial charge on any atom is 0.186 e. The van der Waals surface area contributed by atoms with Gasteiger partial charge in [0.05, 0.1) is 13.2 Å². The van der Waals surface area contributed by atoms with Crippen LogP contribution in [0.25, 0.3) is 0 Å². The van der Waals surface area contributed by atoms with Crippen molar-refractivity contribution in [2.24, 2.45) is 0 Å². The fraction of sp³-hybridized carbons (Fsp3) is 0.667. The summed E-state index contributed by atoms with van der Waals surface area (Å²) in [7, 11) is 0. The molecule has 1 aliphatic heterocycles. The minimum atomic E-state index is -1.49. The number of hydrogen-bond donors (Lipinski definition) is 5. The van der Waals surface area contributed by atoms with Crippen LogP contribution in [-0.2, 0) is 14.4 Å². The molecule has 0 radical (unpaired) electrons. The Kier molecular flexibility index (Phi) is 8.86. The number of aliphatic hydroxyl groups is 4. The molecule has 2 rings (SSSR count). The molecule has 0 aromatic heterocycles. The van der Waals surface area contributed by atoms with Gasteiger partial charge in [-0.05, 0) is 31.0 Å². The number of benzene rings is 1. The lowest BCUT2D eigenvalue weighted by molar-refractivity contribution is -0.301. The van der Waals surface area contributed by atoms with Crippen LogP contribution in [0.15, 0.2) is 12.1 Å². The average Bonchev–Trinajstić information content (AvgIpc) is 2.67. The van der Waals surface area contributed by atoms with Crippen molar-refractivity contribution in [1.82, 2.24) is 0 Å². The van der Waals surface area contributed by atoms with Crippen LogP contribution in [0.3, 0.4) is 0 Å². The van der Waals surface area contributed by atoms with E-state index in [4.69, 9.17) is 29.3 Å².